The number of fused-ring (bicyclic) bond motifs is 1. The molecule has 2 aliphatic rings. The number of amides is 5. The quantitative estimate of drug-likeness (QED) is 0.410. The van der Waals surface area contributed by atoms with E-state index in [9.17, 15) is 24.0 Å². The predicted molar refractivity (Wildman–Crippen MR) is 154 cm³/mol. The molecule has 1 heterocycles. The van der Waals surface area contributed by atoms with Gasteiger partial charge in [0.15, 0.2) is 0 Å². The number of aryl methyl sites for hydroxylation is 1. The zero-order valence-electron chi connectivity index (χ0n) is 25.3. The number of nitrogens with zero attached hydrogens (tertiary/aromatic N) is 2. The van der Waals surface area contributed by atoms with Gasteiger partial charge in [-0.1, -0.05) is 45.0 Å². The molecule has 0 aromatic heterocycles. The zero-order valence-corrected chi connectivity index (χ0v) is 25.3. The highest BCUT2D eigenvalue weighted by molar-refractivity contribution is 5.94. The summed E-state index contributed by atoms with van der Waals surface area (Å²) >= 11 is 0. The van der Waals surface area contributed by atoms with Gasteiger partial charge in [-0.2, -0.15) is 0 Å². The van der Waals surface area contributed by atoms with E-state index in [1.54, 1.807) is 20.8 Å². The van der Waals surface area contributed by atoms with Crippen LogP contribution in [0.4, 0.5) is 4.79 Å². The van der Waals surface area contributed by atoms with Crippen LogP contribution in [0, 0.1) is 5.41 Å². The number of benzene rings is 1. The van der Waals surface area contributed by atoms with Crippen LogP contribution in [-0.4, -0.2) is 83.9 Å². The van der Waals surface area contributed by atoms with Crippen molar-refractivity contribution in [2.45, 2.75) is 97.0 Å². The maximum absolute atomic E-state index is 14.0. The van der Waals surface area contributed by atoms with Crippen molar-refractivity contribution in [3.8, 4) is 0 Å². The fraction of sp³-hybridized carbons (Fsp3) is 0.633. The van der Waals surface area contributed by atoms with E-state index in [-0.39, 0.29) is 31.5 Å². The second-order valence-corrected chi connectivity index (χ2v) is 13.1. The van der Waals surface area contributed by atoms with Gasteiger partial charge >= 0.3 is 6.09 Å². The second-order valence-electron chi connectivity index (χ2n) is 13.1. The molecular formula is C30H45N5O6. The highest BCUT2D eigenvalue weighted by Crippen LogP contribution is 2.31. The zero-order chi connectivity index (χ0) is 30.5. The normalized spacial score (nSPS) is 21.2. The van der Waals surface area contributed by atoms with Crippen LogP contribution in [0.2, 0.25) is 0 Å². The predicted octanol–water partition coefficient (Wildman–Crippen LogP) is 2.29. The van der Waals surface area contributed by atoms with Crippen molar-refractivity contribution in [2.24, 2.45) is 5.41 Å². The fourth-order valence-electron chi connectivity index (χ4n) is 5.36. The molecule has 0 saturated carbocycles. The molecule has 1 fully saturated rings. The molecule has 4 unspecified atom stereocenters. The number of carbonyl (C=O) groups is 5. The minimum atomic E-state index is -0.984. The van der Waals surface area contributed by atoms with E-state index in [2.05, 4.69) is 22.0 Å². The number of hydrogen-bond acceptors (Lipinski definition) is 6. The Kier molecular flexibility index (Phi) is 10.0. The van der Waals surface area contributed by atoms with E-state index < -0.39 is 47.0 Å². The Hall–Kier alpha value is -3.63. The number of carbonyl (C=O) groups excluding carboxylic acids is 5. The Morgan fingerprint density at radius 3 is 2.44 bits per heavy atom. The second kappa shape index (κ2) is 12.9. The van der Waals surface area contributed by atoms with Crippen LogP contribution in [0.15, 0.2) is 24.3 Å². The Balaban J connectivity index is 1.77. The van der Waals surface area contributed by atoms with E-state index in [0.29, 0.717) is 6.41 Å². The monoisotopic (exact) mass is 571 g/mol. The third kappa shape index (κ3) is 8.43. The van der Waals surface area contributed by atoms with Gasteiger partial charge in [-0.15, -0.1) is 0 Å². The molecule has 226 valence electrons. The van der Waals surface area contributed by atoms with E-state index in [0.717, 1.165) is 29.7 Å². The van der Waals surface area contributed by atoms with Crippen LogP contribution in [0.1, 0.15) is 78.0 Å². The average molecular weight is 572 g/mol. The van der Waals surface area contributed by atoms with Gasteiger partial charge < -0.3 is 30.5 Å². The van der Waals surface area contributed by atoms with Crippen LogP contribution in [0.5, 0.6) is 0 Å². The van der Waals surface area contributed by atoms with Gasteiger partial charge in [0.05, 0.1) is 6.04 Å². The number of nitrogens with one attached hydrogen (secondary N) is 3. The molecule has 5 amide bonds. The smallest absolute Gasteiger partial charge is 0.410 e. The molecule has 1 aromatic rings. The molecule has 1 aliphatic carbocycles. The Morgan fingerprint density at radius 2 is 1.80 bits per heavy atom. The number of rotatable bonds is 8. The number of hydrogen-bond donors (Lipinski definition) is 3. The molecule has 11 nitrogen and oxygen atoms in total. The molecule has 0 bridgehead atoms. The van der Waals surface area contributed by atoms with Crippen LogP contribution in [-0.2, 0) is 30.3 Å². The first-order valence-corrected chi connectivity index (χ1v) is 14.2. The summed E-state index contributed by atoms with van der Waals surface area (Å²) in [6, 6.07) is 5.66. The summed E-state index contributed by atoms with van der Waals surface area (Å²) in [5, 5.41) is 8.64. The lowest BCUT2D eigenvalue weighted by atomic mass is 9.85. The number of ether oxygens (including phenoxy) is 1. The minimum absolute atomic E-state index is 0.136. The first-order valence-electron chi connectivity index (χ1n) is 14.2. The maximum Gasteiger partial charge on any atom is 0.410 e. The Bertz CT molecular complexity index is 1140. The molecule has 4 atom stereocenters. The van der Waals surface area contributed by atoms with Gasteiger partial charge in [-0.05, 0) is 63.0 Å². The average Bonchev–Trinajstić information content (AvgIpc) is 3.30. The molecule has 11 heteroatoms. The summed E-state index contributed by atoms with van der Waals surface area (Å²) in [6.07, 6.45) is 2.87. The molecule has 3 rings (SSSR count). The molecular weight excluding hydrogens is 526 g/mol. The van der Waals surface area contributed by atoms with Gasteiger partial charge in [-0.3, -0.25) is 19.2 Å². The van der Waals surface area contributed by atoms with Crippen molar-refractivity contribution in [2.75, 3.05) is 20.1 Å². The van der Waals surface area contributed by atoms with Crippen molar-refractivity contribution < 1.29 is 28.7 Å². The van der Waals surface area contributed by atoms with E-state index in [1.807, 2.05) is 39.0 Å². The third-order valence-corrected chi connectivity index (χ3v) is 7.38. The van der Waals surface area contributed by atoms with E-state index in [4.69, 9.17) is 4.74 Å². The van der Waals surface area contributed by atoms with E-state index in [1.165, 1.54) is 17.5 Å². The van der Waals surface area contributed by atoms with Crippen molar-refractivity contribution in [3.05, 3.63) is 35.4 Å². The maximum atomic E-state index is 14.0. The summed E-state index contributed by atoms with van der Waals surface area (Å²) in [5.41, 5.74) is 0.856. The standard InChI is InChI=1S/C30H45N5O6/c1-29(2,3)25(33-24(37)17-34(7)28(40)41-30(4,5)6)27(39)35-16-20(31-18-36)15-23(35)26(38)32-22-14-10-12-19-11-8-9-13-21(19)22/h8-9,11,13,18,20,22-23,25H,10,12,14-17H2,1-7H3,(H,31,36)(H,32,38)(H,33,37). The molecule has 1 aromatic carbocycles. The molecule has 0 spiro atoms. The van der Waals surface area contributed by atoms with Crippen LogP contribution < -0.4 is 16.0 Å². The highest BCUT2D eigenvalue weighted by Gasteiger charge is 2.45. The molecule has 0 radical (unpaired) electrons. The van der Waals surface area contributed by atoms with Crippen LogP contribution in [0.25, 0.3) is 0 Å². The topological polar surface area (TPSA) is 137 Å². The van der Waals surface area contributed by atoms with E-state index >= 15 is 0 Å². The summed E-state index contributed by atoms with van der Waals surface area (Å²) in [4.78, 5) is 66.8. The lowest BCUT2D eigenvalue weighted by molar-refractivity contribution is -0.144. The van der Waals surface area contributed by atoms with Gasteiger partial charge in [0.2, 0.25) is 24.1 Å². The molecule has 41 heavy (non-hydrogen) atoms. The lowest BCUT2D eigenvalue weighted by Crippen LogP contribution is -2.59. The largest absolute Gasteiger partial charge is 0.444 e. The number of likely N-dealkylation sites (tertiary alicyclic amines) is 1. The van der Waals surface area contributed by atoms with Gasteiger partial charge in [0.25, 0.3) is 0 Å². The van der Waals surface area contributed by atoms with Gasteiger partial charge in [0.1, 0.15) is 24.2 Å². The Labute approximate surface area is 242 Å². The van der Waals surface area contributed by atoms with Crippen LogP contribution >= 0.6 is 0 Å². The van der Waals surface area contributed by atoms with Gasteiger partial charge in [0, 0.05) is 19.6 Å². The summed E-state index contributed by atoms with van der Waals surface area (Å²) in [6.45, 7) is 10.5. The summed E-state index contributed by atoms with van der Waals surface area (Å²) < 4.78 is 5.31. The molecule has 3 N–H and O–H groups in total. The molecule has 1 saturated heterocycles. The SMILES string of the molecule is CN(CC(=O)NC(C(=O)N1CC(NC=O)CC1C(=O)NC1CCCc2ccccc21)C(C)(C)C)C(=O)OC(C)(C)C. The summed E-state index contributed by atoms with van der Waals surface area (Å²) in [7, 11) is 1.45. The Morgan fingerprint density at radius 1 is 1.12 bits per heavy atom. The first-order chi connectivity index (χ1) is 19.1. The first kappa shape index (κ1) is 31.9. The lowest BCUT2D eigenvalue weighted by Gasteiger charge is -2.36. The highest BCUT2D eigenvalue weighted by atomic mass is 16.6. The fourth-order valence-corrected chi connectivity index (χ4v) is 5.36. The van der Waals surface area contributed by atoms with Crippen molar-refractivity contribution in [1.82, 2.24) is 25.8 Å². The third-order valence-electron chi connectivity index (χ3n) is 7.38. The van der Waals surface area contributed by atoms with Crippen molar-refractivity contribution in [3.63, 3.8) is 0 Å². The van der Waals surface area contributed by atoms with Crippen molar-refractivity contribution >= 4 is 30.2 Å². The number of likely N-dealkylation sites (N-methyl/N-ethyl adjacent to an activating group) is 1. The minimum Gasteiger partial charge on any atom is -0.444 e. The molecule has 1 aliphatic heterocycles. The van der Waals surface area contributed by atoms with Crippen molar-refractivity contribution in [1.29, 1.82) is 0 Å². The summed E-state index contributed by atoms with van der Waals surface area (Å²) in [5.74, 6) is -1.25. The van der Waals surface area contributed by atoms with Crippen LogP contribution in [0.3, 0.4) is 0 Å². The van der Waals surface area contributed by atoms with Gasteiger partial charge in [-0.25, -0.2) is 4.79 Å².